The SMILES string of the molecule is C=C(Br)CN1CCc2ccccc2C1CC#CC. The number of hydrogen-bond acceptors (Lipinski definition) is 1. The van der Waals surface area contributed by atoms with E-state index in [0.717, 1.165) is 30.4 Å². The van der Waals surface area contributed by atoms with Crippen LogP contribution < -0.4 is 0 Å². The van der Waals surface area contributed by atoms with Gasteiger partial charge >= 0.3 is 0 Å². The number of benzene rings is 1. The third kappa shape index (κ3) is 3.04. The molecule has 1 aromatic rings. The monoisotopic (exact) mass is 303 g/mol. The van der Waals surface area contributed by atoms with E-state index in [0.29, 0.717) is 6.04 Å². The minimum atomic E-state index is 0.400. The lowest BCUT2D eigenvalue weighted by atomic mass is 9.91. The van der Waals surface area contributed by atoms with Crippen molar-refractivity contribution in [1.82, 2.24) is 4.90 Å². The molecule has 0 aliphatic carbocycles. The van der Waals surface area contributed by atoms with E-state index in [4.69, 9.17) is 0 Å². The molecule has 94 valence electrons. The first-order valence-corrected chi connectivity index (χ1v) is 7.06. The molecule has 0 aromatic heterocycles. The van der Waals surface area contributed by atoms with Crippen LogP contribution >= 0.6 is 15.9 Å². The Labute approximate surface area is 118 Å². The lowest BCUT2D eigenvalue weighted by Crippen LogP contribution is -2.36. The smallest absolute Gasteiger partial charge is 0.0463 e. The van der Waals surface area contributed by atoms with E-state index < -0.39 is 0 Å². The maximum atomic E-state index is 3.96. The van der Waals surface area contributed by atoms with E-state index in [2.05, 4.69) is 63.5 Å². The molecule has 0 saturated carbocycles. The molecule has 0 fully saturated rings. The summed E-state index contributed by atoms with van der Waals surface area (Å²) < 4.78 is 1.04. The highest BCUT2D eigenvalue weighted by molar-refractivity contribution is 9.11. The van der Waals surface area contributed by atoms with Crippen LogP contribution in [0.5, 0.6) is 0 Å². The molecule has 0 amide bonds. The van der Waals surface area contributed by atoms with E-state index in [-0.39, 0.29) is 0 Å². The zero-order valence-corrected chi connectivity index (χ0v) is 12.3. The van der Waals surface area contributed by atoms with Crippen molar-refractivity contribution in [2.45, 2.75) is 25.8 Å². The van der Waals surface area contributed by atoms with Crippen LogP contribution in [0.2, 0.25) is 0 Å². The van der Waals surface area contributed by atoms with Gasteiger partial charge in [-0.1, -0.05) is 46.8 Å². The summed E-state index contributed by atoms with van der Waals surface area (Å²) in [6.07, 6.45) is 2.01. The maximum Gasteiger partial charge on any atom is 0.0463 e. The van der Waals surface area contributed by atoms with Gasteiger partial charge in [-0.05, 0) is 24.5 Å². The van der Waals surface area contributed by atoms with Gasteiger partial charge in [-0.3, -0.25) is 4.90 Å². The summed E-state index contributed by atoms with van der Waals surface area (Å²) in [6.45, 7) is 7.84. The van der Waals surface area contributed by atoms with Crippen molar-refractivity contribution >= 4 is 15.9 Å². The molecular weight excluding hydrogens is 286 g/mol. The molecule has 0 saturated heterocycles. The normalized spacial score (nSPS) is 18.7. The Bertz CT molecular complexity index is 495. The molecule has 2 rings (SSSR count). The minimum absolute atomic E-state index is 0.400. The average Bonchev–Trinajstić information content (AvgIpc) is 2.37. The first-order valence-electron chi connectivity index (χ1n) is 6.27. The molecule has 1 aliphatic rings. The van der Waals surface area contributed by atoms with E-state index in [1.807, 2.05) is 6.92 Å². The Morgan fingerprint density at radius 1 is 1.50 bits per heavy atom. The quantitative estimate of drug-likeness (QED) is 0.765. The van der Waals surface area contributed by atoms with Crippen LogP contribution in [-0.4, -0.2) is 18.0 Å². The fourth-order valence-electron chi connectivity index (χ4n) is 2.55. The second-order valence-corrected chi connectivity index (χ2v) is 5.70. The molecule has 1 aliphatic heterocycles. The third-order valence-corrected chi connectivity index (χ3v) is 3.62. The van der Waals surface area contributed by atoms with Gasteiger partial charge in [0.25, 0.3) is 0 Å². The van der Waals surface area contributed by atoms with Crippen molar-refractivity contribution in [3.63, 3.8) is 0 Å². The summed E-state index contributed by atoms with van der Waals surface area (Å²) in [5, 5.41) is 0. The van der Waals surface area contributed by atoms with Crippen molar-refractivity contribution in [2.24, 2.45) is 0 Å². The van der Waals surface area contributed by atoms with Crippen molar-refractivity contribution < 1.29 is 0 Å². The van der Waals surface area contributed by atoms with Crippen LogP contribution in [0.1, 0.15) is 30.5 Å². The second-order valence-electron chi connectivity index (χ2n) is 4.58. The molecule has 0 spiro atoms. The van der Waals surface area contributed by atoms with Gasteiger partial charge in [0.2, 0.25) is 0 Å². The molecule has 1 nitrogen and oxygen atoms in total. The topological polar surface area (TPSA) is 3.24 Å². The van der Waals surface area contributed by atoms with Crippen molar-refractivity contribution in [3.05, 3.63) is 46.5 Å². The molecule has 1 aromatic carbocycles. The van der Waals surface area contributed by atoms with E-state index >= 15 is 0 Å². The predicted molar refractivity (Wildman–Crippen MR) is 80.6 cm³/mol. The summed E-state index contributed by atoms with van der Waals surface area (Å²) >= 11 is 3.47. The van der Waals surface area contributed by atoms with Gasteiger partial charge < -0.3 is 0 Å². The molecule has 0 radical (unpaired) electrons. The average molecular weight is 304 g/mol. The highest BCUT2D eigenvalue weighted by atomic mass is 79.9. The fraction of sp³-hybridized carbons (Fsp3) is 0.375. The zero-order valence-electron chi connectivity index (χ0n) is 10.7. The number of halogens is 1. The lowest BCUT2D eigenvalue weighted by Gasteiger charge is -2.36. The molecule has 1 heterocycles. The largest absolute Gasteiger partial charge is 0.290 e. The Kier molecular flexibility index (Phi) is 4.63. The number of fused-ring (bicyclic) bond motifs is 1. The van der Waals surface area contributed by atoms with E-state index in [1.54, 1.807) is 0 Å². The molecule has 0 bridgehead atoms. The molecule has 0 N–H and O–H groups in total. The maximum absolute atomic E-state index is 3.96. The third-order valence-electron chi connectivity index (χ3n) is 3.37. The molecule has 1 atom stereocenters. The predicted octanol–water partition coefficient (Wildman–Crippen LogP) is 3.91. The van der Waals surface area contributed by atoms with Crippen LogP contribution in [0.4, 0.5) is 0 Å². The minimum Gasteiger partial charge on any atom is -0.290 e. The summed E-state index contributed by atoms with van der Waals surface area (Å²) in [4.78, 5) is 2.46. The number of nitrogens with zero attached hydrogens (tertiary/aromatic N) is 1. The van der Waals surface area contributed by atoms with Crippen LogP contribution in [0.25, 0.3) is 0 Å². The van der Waals surface area contributed by atoms with Crippen LogP contribution in [0, 0.1) is 11.8 Å². The zero-order chi connectivity index (χ0) is 13.0. The summed E-state index contributed by atoms with van der Waals surface area (Å²) in [5.41, 5.74) is 2.90. The molecule has 2 heteroatoms. The van der Waals surface area contributed by atoms with Gasteiger partial charge in [0.05, 0.1) is 0 Å². The fourth-order valence-corrected chi connectivity index (χ4v) is 2.87. The van der Waals surface area contributed by atoms with Gasteiger partial charge in [0, 0.05) is 30.0 Å². The van der Waals surface area contributed by atoms with Gasteiger partial charge in [-0.15, -0.1) is 11.8 Å². The van der Waals surface area contributed by atoms with Gasteiger partial charge in [0.1, 0.15) is 0 Å². The standard InChI is InChI=1S/C16H18BrN/c1-3-4-9-16-15-8-6-5-7-14(15)10-11-18(16)12-13(2)17/h5-8,16H,2,9-12H2,1H3. The first-order chi connectivity index (χ1) is 8.72. The molecule has 1 unspecified atom stereocenters. The highest BCUT2D eigenvalue weighted by Gasteiger charge is 2.26. The Hall–Kier alpha value is -1.04. The van der Waals surface area contributed by atoms with E-state index in [1.165, 1.54) is 11.1 Å². The highest BCUT2D eigenvalue weighted by Crippen LogP contribution is 2.32. The summed E-state index contributed by atoms with van der Waals surface area (Å²) in [6, 6.07) is 9.12. The van der Waals surface area contributed by atoms with Gasteiger partial charge in [-0.2, -0.15) is 0 Å². The van der Waals surface area contributed by atoms with Crippen LogP contribution in [-0.2, 0) is 6.42 Å². The molecular formula is C16H18BrN. The number of rotatable bonds is 3. The Balaban J connectivity index is 2.28. The van der Waals surface area contributed by atoms with Gasteiger partial charge in [0.15, 0.2) is 0 Å². The first kappa shape index (κ1) is 13.4. The Morgan fingerprint density at radius 2 is 2.28 bits per heavy atom. The summed E-state index contributed by atoms with van der Waals surface area (Å²) in [5.74, 6) is 6.23. The van der Waals surface area contributed by atoms with E-state index in [9.17, 15) is 0 Å². The van der Waals surface area contributed by atoms with Crippen molar-refractivity contribution in [3.8, 4) is 11.8 Å². The van der Waals surface area contributed by atoms with Crippen molar-refractivity contribution in [1.29, 1.82) is 0 Å². The van der Waals surface area contributed by atoms with Crippen LogP contribution in [0.3, 0.4) is 0 Å². The van der Waals surface area contributed by atoms with Gasteiger partial charge in [-0.25, -0.2) is 0 Å². The second kappa shape index (κ2) is 6.22. The van der Waals surface area contributed by atoms with Crippen LogP contribution in [0.15, 0.2) is 35.3 Å². The summed E-state index contributed by atoms with van der Waals surface area (Å²) in [7, 11) is 0. The molecule has 18 heavy (non-hydrogen) atoms. The van der Waals surface area contributed by atoms with Crippen molar-refractivity contribution in [2.75, 3.05) is 13.1 Å². The number of hydrogen-bond donors (Lipinski definition) is 0. The Morgan fingerprint density at radius 3 is 3.00 bits per heavy atom. The lowest BCUT2D eigenvalue weighted by molar-refractivity contribution is 0.208.